The third kappa shape index (κ3) is 4.13. The molecule has 0 aliphatic rings. The van der Waals surface area contributed by atoms with Crippen molar-refractivity contribution in [2.24, 2.45) is 5.41 Å². The van der Waals surface area contributed by atoms with Gasteiger partial charge in [-0.25, -0.2) is 4.98 Å². The summed E-state index contributed by atoms with van der Waals surface area (Å²) in [6.45, 7) is 8.44. The normalized spacial score (nSPS) is 13.2. The zero-order chi connectivity index (χ0) is 22.8. The van der Waals surface area contributed by atoms with Crippen LogP contribution in [0.3, 0.4) is 0 Å². The van der Waals surface area contributed by atoms with Crippen molar-refractivity contribution in [2.75, 3.05) is 0 Å². The zero-order valence-electron chi connectivity index (χ0n) is 19.4. The third-order valence-electron chi connectivity index (χ3n) is 5.80. The van der Waals surface area contributed by atoms with Crippen LogP contribution < -0.4 is 0 Å². The highest BCUT2D eigenvalue weighted by atomic mass is 16.3. The molecule has 0 aliphatic heterocycles. The van der Waals surface area contributed by atoms with Crippen molar-refractivity contribution in [3.05, 3.63) is 125 Å². The summed E-state index contributed by atoms with van der Waals surface area (Å²) in [4.78, 5) is 4.95. The molecule has 1 heterocycles. The molecule has 3 nitrogen and oxygen atoms in total. The molecule has 1 N–H and O–H groups in total. The van der Waals surface area contributed by atoms with Crippen LogP contribution in [0.2, 0.25) is 0 Å². The topological polar surface area (TPSA) is 38.1 Å². The second-order valence-corrected chi connectivity index (χ2v) is 9.68. The van der Waals surface area contributed by atoms with Gasteiger partial charge in [-0.1, -0.05) is 112 Å². The molecule has 32 heavy (non-hydrogen) atoms. The Hall–Kier alpha value is -3.17. The molecule has 0 saturated carbocycles. The fourth-order valence-corrected chi connectivity index (χ4v) is 4.59. The van der Waals surface area contributed by atoms with E-state index in [1.54, 1.807) is 6.92 Å². The van der Waals surface area contributed by atoms with Crippen molar-refractivity contribution in [2.45, 2.75) is 45.8 Å². The summed E-state index contributed by atoms with van der Waals surface area (Å²) in [5.74, 6) is 0.667. The first-order valence-electron chi connectivity index (χ1n) is 11.3. The summed E-state index contributed by atoms with van der Waals surface area (Å²) >= 11 is 0. The molecular weight excluding hydrogens is 392 g/mol. The van der Waals surface area contributed by atoms with Gasteiger partial charge in [0.05, 0.1) is 5.69 Å². The maximum absolute atomic E-state index is 10.8. The van der Waals surface area contributed by atoms with E-state index >= 15 is 0 Å². The van der Waals surface area contributed by atoms with Crippen LogP contribution >= 0.6 is 0 Å². The summed E-state index contributed by atoms with van der Waals surface area (Å²) < 4.78 is 2.19. The van der Waals surface area contributed by atoms with Gasteiger partial charge in [-0.15, -0.1) is 0 Å². The number of benzene rings is 3. The van der Waals surface area contributed by atoms with Crippen LogP contribution in [0.4, 0.5) is 0 Å². The predicted molar refractivity (Wildman–Crippen MR) is 131 cm³/mol. The summed E-state index contributed by atoms with van der Waals surface area (Å²) in [7, 11) is 0. The van der Waals surface area contributed by atoms with Crippen LogP contribution in [0.1, 0.15) is 62.0 Å². The minimum atomic E-state index is -0.709. The maximum atomic E-state index is 10.8. The van der Waals surface area contributed by atoms with Gasteiger partial charge in [0, 0.05) is 6.20 Å². The Morgan fingerprint density at radius 3 is 1.50 bits per heavy atom. The molecule has 164 valence electrons. The molecule has 3 aromatic carbocycles. The molecule has 3 heteroatoms. The van der Waals surface area contributed by atoms with Crippen LogP contribution in [0.25, 0.3) is 0 Å². The van der Waals surface area contributed by atoms with Crippen LogP contribution in [0.5, 0.6) is 0 Å². The number of hydrogen-bond donors (Lipinski definition) is 1. The number of aliphatic hydroxyl groups is 1. The predicted octanol–water partition coefficient (Wildman–Crippen LogP) is 6.37. The van der Waals surface area contributed by atoms with E-state index < -0.39 is 11.6 Å². The van der Waals surface area contributed by atoms with Gasteiger partial charge in [0.1, 0.15) is 17.5 Å². The van der Waals surface area contributed by atoms with Crippen molar-refractivity contribution in [3.8, 4) is 0 Å². The van der Waals surface area contributed by atoms with E-state index in [9.17, 15) is 5.11 Å². The van der Waals surface area contributed by atoms with Crippen LogP contribution in [-0.2, 0) is 12.0 Å². The molecule has 1 aromatic heterocycles. The lowest BCUT2D eigenvalue weighted by atomic mass is 9.76. The van der Waals surface area contributed by atoms with Crippen molar-refractivity contribution < 1.29 is 5.11 Å². The third-order valence-corrected chi connectivity index (χ3v) is 5.80. The quantitative estimate of drug-likeness (QED) is 0.365. The highest BCUT2D eigenvalue weighted by Crippen LogP contribution is 2.42. The van der Waals surface area contributed by atoms with Crippen molar-refractivity contribution in [3.63, 3.8) is 0 Å². The standard InChI is InChI=1S/C29H32N2O/c1-22(32)27-30-26(20-28(2,3)4)21-31(27)29(23-14-8-5-9-15-23,24-16-10-6-11-17-24)25-18-12-7-13-19-25/h5-19,21-22,32H,20H2,1-4H3. The van der Waals surface area contributed by atoms with Gasteiger partial charge >= 0.3 is 0 Å². The van der Waals surface area contributed by atoms with Crippen molar-refractivity contribution >= 4 is 0 Å². The Bertz CT molecular complexity index is 1040. The van der Waals surface area contributed by atoms with Gasteiger partial charge < -0.3 is 9.67 Å². The number of nitrogens with zero attached hydrogens (tertiary/aromatic N) is 2. The molecule has 0 aliphatic carbocycles. The second kappa shape index (κ2) is 8.76. The number of rotatable bonds is 6. The SMILES string of the molecule is CC(O)c1nc(CC(C)(C)C)cn1C(c1ccccc1)(c1ccccc1)c1ccccc1. The number of aliphatic hydroxyl groups excluding tert-OH is 1. The van der Waals surface area contributed by atoms with E-state index in [0.29, 0.717) is 5.82 Å². The molecule has 0 saturated heterocycles. The van der Waals surface area contributed by atoms with Gasteiger partial charge in [-0.3, -0.25) is 0 Å². The van der Waals surface area contributed by atoms with Crippen LogP contribution in [-0.4, -0.2) is 14.7 Å². The van der Waals surface area contributed by atoms with E-state index in [0.717, 1.165) is 28.8 Å². The first-order valence-corrected chi connectivity index (χ1v) is 11.3. The smallest absolute Gasteiger partial charge is 0.139 e. The van der Waals surface area contributed by atoms with Gasteiger partial charge in [0.2, 0.25) is 0 Å². The van der Waals surface area contributed by atoms with E-state index in [1.165, 1.54) is 0 Å². The summed E-state index contributed by atoms with van der Waals surface area (Å²) in [5.41, 5.74) is 3.78. The molecular formula is C29H32N2O. The molecule has 4 rings (SSSR count). The van der Waals surface area contributed by atoms with E-state index in [-0.39, 0.29) is 5.41 Å². The van der Waals surface area contributed by atoms with Gasteiger partial charge in [-0.2, -0.15) is 0 Å². The first kappa shape index (κ1) is 22.0. The number of hydrogen-bond acceptors (Lipinski definition) is 2. The van der Waals surface area contributed by atoms with Crippen molar-refractivity contribution in [1.29, 1.82) is 0 Å². The molecule has 1 unspecified atom stereocenters. The maximum Gasteiger partial charge on any atom is 0.139 e. The average molecular weight is 425 g/mol. The molecule has 0 bridgehead atoms. The highest BCUT2D eigenvalue weighted by Gasteiger charge is 2.40. The number of aromatic nitrogens is 2. The molecule has 4 aromatic rings. The minimum absolute atomic E-state index is 0.0873. The summed E-state index contributed by atoms with van der Waals surface area (Å²) in [6, 6.07) is 31.5. The fraction of sp³-hybridized carbons (Fsp3) is 0.276. The Kier molecular flexibility index (Phi) is 6.03. The Morgan fingerprint density at radius 1 is 0.750 bits per heavy atom. The lowest BCUT2D eigenvalue weighted by Crippen LogP contribution is -2.39. The van der Waals surface area contributed by atoms with Crippen LogP contribution in [0, 0.1) is 5.41 Å². The summed E-state index contributed by atoms with van der Waals surface area (Å²) in [5, 5.41) is 10.8. The lowest BCUT2D eigenvalue weighted by molar-refractivity contribution is 0.179. The van der Waals surface area contributed by atoms with Crippen LogP contribution in [0.15, 0.2) is 97.2 Å². The molecule has 0 amide bonds. The number of imidazole rings is 1. The molecule has 0 fully saturated rings. The van der Waals surface area contributed by atoms with Gasteiger partial charge in [0.25, 0.3) is 0 Å². The largest absolute Gasteiger partial charge is 0.385 e. The Balaban J connectivity index is 2.12. The van der Waals surface area contributed by atoms with E-state index in [2.05, 4.69) is 104 Å². The van der Waals surface area contributed by atoms with Crippen molar-refractivity contribution in [1.82, 2.24) is 9.55 Å². The molecule has 1 atom stereocenters. The second-order valence-electron chi connectivity index (χ2n) is 9.68. The average Bonchev–Trinajstić information content (AvgIpc) is 3.19. The fourth-order valence-electron chi connectivity index (χ4n) is 4.59. The molecule has 0 spiro atoms. The molecule has 0 radical (unpaired) electrons. The zero-order valence-corrected chi connectivity index (χ0v) is 19.4. The highest BCUT2D eigenvalue weighted by molar-refractivity contribution is 5.51. The monoisotopic (exact) mass is 424 g/mol. The Morgan fingerprint density at radius 2 is 1.16 bits per heavy atom. The van der Waals surface area contributed by atoms with Gasteiger partial charge in [0.15, 0.2) is 0 Å². The Labute approximate surface area is 191 Å². The first-order chi connectivity index (χ1) is 15.3. The minimum Gasteiger partial charge on any atom is -0.385 e. The summed E-state index contributed by atoms with van der Waals surface area (Å²) in [6.07, 6.45) is 2.26. The van der Waals surface area contributed by atoms with Gasteiger partial charge in [-0.05, 0) is 35.4 Å². The lowest BCUT2D eigenvalue weighted by Gasteiger charge is -2.39. The van der Waals surface area contributed by atoms with E-state index in [1.807, 2.05) is 18.2 Å². The van der Waals surface area contributed by atoms with E-state index in [4.69, 9.17) is 4.98 Å².